The van der Waals surface area contributed by atoms with Gasteiger partial charge in [0, 0.05) is 5.69 Å². The average Bonchev–Trinajstić information content (AvgIpc) is 2.16. The van der Waals surface area contributed by atoms with Crippen molar-refractivity contribution < 1.29 is 9.90 Å². The molecule has 0 saturated carbocycles. The molecule has 0 aliphatic heterocycles. The van der Waals surface area contributed by atoms with Crippen LogP contribution in [0.5, 0.6) is 0 Å². The molecule has 0 bridgehead atoms. The van der Waals surface area contributed by atoms with E-state index in [1.807, 2.05) is 0 Å². The number of rotatable bonds is 3. The van der Waals surface area contributed by atoms with Gasteiger partial charge in [-0.25, -0.2) is 4.79 Å². The van der Waals surface area contributed by atoms with Crippen molar-refractivity contribution in [2.45, 2.75) is 6.92 Å². The number of nitrogens with one attached hydrogen (secondary N) is 1. The second-order valence-electron chi connectivity index (χ2n) is 2.84. The van der Waals surface area contributed by atoms with Crippen LogP contribution in [0, 0.1) is 19.3 Å². The molecule has 0 fully saturated rings. The van der Waals surface area contributed by atoms with Gasteiger partial charge < -0.3 is 10.4 Å². The van der Waals surface area contributed by atoms with Gasteiger partial charge in [-0.2, -0.15) is 0 Å². The lowest BCUT2D eigenvalue weighted by Gasteiger charge is -2.08. The van der Waals surface area contributed by atoms with E-state index in [9.17, 15) is 4.79 Å². The van der Waals surface area contributed by atoms with Crippen LogP contribution in [0.3, 0.4) is 0 Å². The molecule has 0 spiro atoms. The lowest BCUT2D eigenvalue weighted by Crippen LogP contribution is -2.05. The number of carboxylic acids is 1. The van der Waals surface area contributed by atoms with Crippen molar-refractivity contribution in [1.29, 1.82) is 0 Å². The predicted octanol–water partition coefficient (Wildman–Crippen LogP) is 1.74. The van der Waals surface area contributed by atoms with Gasteiger partial charge in [0.25, 0.3) is 0 Å². The summed E-state index contributed by atoms with van der Waals surface area (Å²) in [5.74, 6) is 1.51. The van der Waals surface area contributed by atoms with Crippen LogP contribution in [-0.2, 0) is 0 Å². The van der Waals surface area contributed by atoms with Crippen LogP contribution in [0.25, 0.3) is 0 Å². The highest BCUT2D eigenvalue weighted by Crippen LogP contribution is 2.18. The summed E-state index contributed by atoms with van der Waals surface area (Å²) in [7, 11) is 0. The topological polar surface area (TPSA) is 49.3 Å². The van der Waals surface area contributed by atoms with Gasteiger partial charge in [0.05, 0.1) is 12.1 Å². The normalized spacial score (nSPS) is 9.14. The number of aromatic carboxylic acids is 1. The molecule has 72 valence electrons. The minimum atomic E-state index is -0.924. The molecule has 3 heteroatoms. The molecule has 0 aliphatic rings. The number of hydrogen-bond acceptors (Lipinski definition) is 2. The summed E-state index contributed by atoms with van der Waals surface area (Å²) >= 11 is 0. The van der Waals surface area contributed by atoms with Gasteiger partial charge in [0.2, 0.25) is 0 Å². The largest absolute Gasteiger partial charge is 0.478 e. The van der Waals surface area contributed by atoms with E-state index in [0.29, 0.717) is 17.7 Å². The molecule has 1 rings (SSSR count). The maximum atomic E-state index is 10.8. The summed E-state index contributed by atoms with van der Waals surface area (Å²) in [5, 5.41) is 11.8. The van der Waals surface area contributed by atoms with Gasteiger partial charge in [0.15, 0.2) is 0 Å². The Hall–Kier alpha value is -1.95. The smallest absolute Gasteiger partial charge is 0.336 e. The van der Waals surface area contributed by atoms with Gasteiger partial charge in [-0.15, -0.1) is 6.42 Å². The summed E-state index contributed by atoms with van der Waals surface area (Å²) in [5.41, 5.74) is 1.77. The Morgan fingerprint density at radius 3 is 2.93 bits per heavy atom. The number of carboxylic acid groups (broad SMARTS) is 1. The van der Waals surface area contributed by atoms with E-state index in [0.717, 1.165) is 5.69 Å². The fraction of sp³-hybridized carbons (Fsp3) is 0.182. The lowest BCUT2D eigenvalue weighted by atomic mass is 10.1. The van der Waals surface area contributed by atoms with Crippen LogP contribution in [0.1, 0.15) is 15.9 Å². The van der Waals surface area contributed by atoms with E-state index < -0.39 is 5.97 Å². The minimum Gasteiger partial charge on any atom is -0.478 e. The van der Waals surface area contributed by atoms with E-state index in [1.165, 1.54) is 0 Å². The number of carbonyl (C=O) groups is 1. The quantitative estimate of drug-likeness (QED) is 0.712. The van der Waals surface area contributed by atoms with Crippen molar-refractivity contribution in [3.63, 3.8) is 0 Å². The third-order valence-electron chi connectivity index (χ3n) is 1.95. The average molecular weight is 189 g/mol. The Kier molecular flexibility index (Phi) is 3.14. The third kappa shape index (κ3) is 2.05. The first-order valence-corrected chi connectivity index (χ1v) is 4.17. The van der Waals surface area contributed by atoms with Crippen LogP contribution in [0.2, 0.25) is 0 Å². The maximum Gasteiger partial charge on any atom is 0.336 e. The first kappa shape index (κ1) is 10.1. The maximum absolute atomic E-state index is 10.8. The molecular weight excluding hydrogens is 178 g/mol. The molecule has 1 aromatic carbocycles. The monoisotopic (exact) mass is 189 g/mol. The highest BCUT2D eigenvalue weighted by Gasteiger charge is 2.08. The second kappa shape index (κ2) is 4.33. The Bertz CT molecular complexity index is 391. The predicted molar refractivity (Wildman–Crippen MR) is 55.5 cm³/mol. The summed E-state index contributed by atoms with van der Waals surface area (Å²) in [6.07, 6.45) is 5.10. The van der Waals surface area contributed by atoms with Gasteiger partial charge >= 0.3 is 5.97 Å². The van der Waals surface area contributed by atoms with Gasteiger partial charge in [-0.05, 0) is 24.6 Å². The fourth-order valence-corrected chi connectivity index (χ4v) is 1.21. The molecule has 0 saturated heterocycles. The number of terminal acetylenes is 1. The highest BCUT2D eigenvalue weighted by molar-refractivity contribution is 5.91. The molecule has 0 aromatic heterocycles. The number of benzene rings is 1. The second-order valence-corrected chi connectivity index (χ2v) is 2.84. The van der Waals surface area contributed by atoms with Crippen LogP contribution in [0.4, 0.5) is 5.69 Å². The highest BCUT2D eigenvalue weighted by atomic mass is 16.4. The summed E-state index contributed by atoms with van der Waals surface area (Å²) in [4.78, 5) is 10.8. The van der Waals surface area contributed by atoms with Crippen molar-refractivity contribution >= 4 is 11.7 Å². The number of anilines is 1. The Morgan fingerprint density at radius 1 is 1.64 bits per heavy atom. The zero-order valence-electron chi connectivity index (χ0n) is 7.87. The van der Waals surface area contributed by atoms with Crippen molar-refractivity contribution in [1.82, 2.24) is 0 Å². The molecule has 0 atom stereocenters. The van der Waals surface area contributed by atoms with E-state index in [-0.39, 0.29) is 0 Å². The molecule has 0 amide bonds. The first-order chi connectivity index (χ1) is 6.66. The van der Waals surface area contributed by atoms with Crippen molar-refractivity contribution in [2.75, 3.05) is 11.9 Å². The minimum absolute atomic E-state index is 0.298. The van der Waals surface area contributed by atoms with Gasteiger partial charge in [-0.1, -0.05) is 12.0 Å². The fourth-order valence-electron chi connectivity index (χ4n) is 1.21. The molecule has 1 aromatic rings. The zero-order chi connectivity index (χ0) is 10.6. The Labute approximate surface area is 82.8 Å². The molecule has 3 nitrogen and oxygen atoms in total. The third-order valence-corrected chi connectivity index (χ3v) is 1.95. The summed E-state index contributed by atoms with van der Waals surface area (Å²) in [6.45, 7) is 2.15. The SMILES string of the molecule is C#CCNc1cccc(C(=O)O)c1C. The van der Waals surface area contributed by atoms with Crippen LogP contribution in [-0.4, -0.2) is 17.6 Å². The Morgan fingerprint density at radius 2 is 2.36 bits per heavy atom. The molecule has 0 unspecified atom stereocenters. The van der Waals surface area contributed by atoms with Crippen molar-refractivity contribution in [3.05, 3.63) is 29.3 Å². The lowest BCUT2D eigenvalue weighted by molar-refractivity contribution is 0.0696. The van der Waals surface area contributed by atoms with Crippen LogP contribution >= 0.6 is 0 Å². The molecule has 0 radical (unpaired) electrons. The molecule has 0 aliphatic carbocycles. The first-order valence-electron chi connectivity index (χ1n) is 4.17. The van der Waals surface area contributed by atoms with E-state index >= 15 is 0 Å². The van der Waals surface area contributed by atoms with Crippen LogP contribution < -0.4 is 5.32 Å². The van der Waals surface area contributed by atoms with Gasteiger partial charge in [-0.3, -0.25) is 0 Å². The van der Waals surface area contributed by atoms with Crippen LogP contribution in [0.15, 0.2) is 18.2 Å². The Balaban J connectivity index is 3.02. The standard InChI is InChI=1S/C11H11NO2/c1-3-7-12-10-6-4-5-9(8(10)2)11(13)14/h1,4-6,12H,7H2,2H3,(H,13,14). The van der Waals surface area contributed by atoms with E-state index in [2.05, 4.69) is 11.2 Å². The number of hydrogen-bond donors (Lipinski definition) is 2. The molecule has 2 N–H and O–H groups in total. The van der Waals surface area contributed by atoms with Gasteiger partial charge in [0.1, 0.15) is 0 Å². The van der Waals surface area contributed by atoms with E-state index in [1.54, 1.807) is 25.1 Å². The molecule has 0 heterocycles. The summed E-state index contributed by atoms with van der Waals surface area (Å²) in [6, 6.07) is 5.06. The molecule has 14 heavy (non-hydrogen) atoms. The molecular formula is C11H11NO2. The van der Waals surface area contributed by atoms with Crippen molar-refractivity contribution in [2.24, 2.45) is 0 Å². The summed E-state index contributed by atoms with van der Waals surface area (Å²) < 4.78 is 0. The van der Waals surface area contributed by atoms with Crippen molar-refractivity contribution in [3.8, 4) is 12.3 Å². The zero-order valence-corrected chi connectivity index (χ0v) is 7.87. The van der Waals surface area contributed by atoms with E-state index in [4.69, 9.17) is 11.5 Å².